The Morgan fingerprint density at radius 1 is 1.46 bits per heavy atom. The largest absolute Gasteiger partial charge is 0.503 e. The van der Waals surface area contributed by atoms with Crippen LogP contribution in [0.2, 0.25) is 5.02 Å². The number of carbonyl (C=O) groups is 1. The van der Waals surface area contributed by atoms with Crippen LogP contribution < -0.4 is 4.74 Å². The molecule has 3 rings (SSSR count). The number of benzene rings is 1. The Morgan fingerprint density at radius 2 is 2.27 bits per heavy atom. The topological polar surface area (TPSA) is 62.7 Å². The number of hydrogen-bond acceptors (Lipinski definition) is 6. The van der Waals surface area contributed by atoms with Crippen LogP contribution in [0, 0.1) is 0 Å². The van der Waals surface area contributed by atoms with E-state index in [1.165, 1.54) is 16.7 Å². The Hall–Kier alpha value is -2.09. The lowest BCUT2D eigenvalue weighted by molar-refractivity contribution is -0.122. The van der Waals surface area contributed by atoms with Crippen molar-refractivity contribution in [1.29, 1.82) is 0 Å². The molecule has 134 valence electrons. The van der Waals surface area contributed by atoms with Gasteiger partial charge in [-0.05, 0) is 42.3 Å². The summed E-state index contributed by atoms with van der Waals surface area (Å²) in [6.45, 7) is 2.57. The molecule has 1 amide bonds. The van der Waals surface area contributed by atoms with Crippen molar-refractivity contribution >= 4 is 51.9 Å². The van der Waals surface area contributed by atoms with Crippen LogP contribution in [0.15, 0.2) is 41.6 Å². The van der Waals surface area contributed by atoms with E-state index in [1.54, 1.807) is 30.6 Å². The molecule has 1 saturated heterocycles. The number of carbonyl (C=O) groups excluding carboxylic acids is 1. The fraction of sp³-hybridized carbons (Fsp3) is 0.167. The predicted molar refractivity (Wildman–Crippen MR) is 107 cm³/mol. The molecule has 1 fully saturated rings. The molecule has 0 atom stereocenters. The van der Waals surface area contributed by atoms with Gasteiger partial charge in [-0.2, -0.15) is 0 Å². The highest BCUT2D eigenvalue weighted by molar-refractivity contribution is 8.26. The lowest BCUT2D eigenvalue weighted by Gasteiger charge is -2.13. The summed E-state index contributed by atoms with van der Waals surface area (Å²) >= 11 is 12.6. The van der Waals surface area contributed by atoms with Crippen LogP contribution in [-0.4, -0.2) is 31.8 Å². The number of hydrogen-bond donors (Lipinski definition) is 1. The molecular formula is C18H15ClN2O3S2. The van der Waals surface area contributed by atoms with E-state index in [2.05, 4.69) is 4.98 Å². The molecule has 2 heterocycles. The van der Waals surface area contributed by atoms with Crippen LogP contribution >= 0.6 is 35.6 Å². The second kappa shape index (κ2) is 8.07. The van der Waals surface area contributed by atoms with Crippen LogP contribution in [0.1, 0.15) is 18.1 Å². The molecule has 0 bridgehead atoms. The Labute approximate surface area is 165 Å². The lowest BCUT2D eigenvalue weighted by atomic mass is 10.1. The summed E-state index contributed by atoms with van der Waals surface area (Å²) in [4.78, 5) is 18.8. The Kier molecular flexibility index (Phi) is 5.80. The first kappa shape index (κ1) is 18.7. The molecule has 1 aromatic heterocycles. The minimum Gasteiger partial charge on any atom is -0.503 e. The van der Waals surface area contributed by atoms with E-state index in [0.29, 0.717) is 27.9 Å². The number of amides is 1. The van der Waals surface area contributed by atoms with Gasteiger partial charge in [-0.3, -0.25) is 14.7 Å². The summed E-state index contributed by atoms with van der Waals surface area (Å²) in [5.41, 5.74) is 1.55. The minimum absolute atomic E-state index is 0.116. The average Bonchev–Trinajstić information content (AvgIpc) is 2.88. The average molecular weight is 407 g/mol. The number of rotatable bonds is 5. The molecule has 0 spiro atoms. The molecule has 0 unspecified atom stereocenters. The summed E-state index contributed by atoms with van der Waals surface area (Å²) < 4.78 is 5.86. The fourth-order valence-corrected chi connectivity index (χ4v) is 3.88. The van der Waals surface area contributed by atoms with Crippen molar-refractivity contribution in [3.63, 3.8) is 0 Å². The molecule has 5 nitrogen and oxygen atoms in total. The van der Waals surface area contributed by atoms with Crippen LogP contribution in [0.3, 0.4) is 0 Å². The molecule has 1 aliphatic heterocycles. The summed E-state index contributed by atoms with van der Waals surface area (Å²) in [5.74, 6) is -0.0158. The second-order valence-electron chi connectivity index (χ2n) is 5.41. The molecule has 1 aliphatic rings. The predicted octanol–water partition coefficient (Wildman–Crippen LogP) is 4.24. The second-order valence-corrected chi connectivity index (χ2v) is 7.49. The first-order valence-corrected chi connectivity index (χ1v) is 9.39. The Morgan fingerprint density at radius 3 is 2.96 bits per heavy atom. The van der Waals surface area contributed by atoms with Gasteiger partial charge >= 0.3 is 0 Å². The van der Waals surface area contributed by atoms with Crippen molar-refractivity contribution in [1.82, 2.24) is 9.88 Å². The number of aromatic hydroxyl groups is 1. The van der Waals surface area contributed by atoms with E-state index in [4.69, 9.17) is 28.6 Å². The van der Waals surface area contributed by atoms with Crippen molar-refractivity contribution in [2.75, 3.05) is 6.61 Å². The third-order valence-corrected chi connectivity index (χ3v) is 5.25. The first-order valence-electron chi connectivity index (χ1n) is 7.79. The Balaban J connectivity index is 1.86. The zero-order valence-electron chi connectivity index (χ0n) is 13.8. The van der Waals surface area contributed by atoms with Crippen LogP contribution in [-0.2, 0) is 11.3 Å². The van der Waals surface area contributed by atoms with Crippen molar-refractivity contribution < 1.29 is 14.6 Å². The summed E-state index contributed by atoms with van der Waals surface area (Å²) in [5, 5.41) is 10.1. The zero-order chi connectivity index (χ0) is 18.7. The number of halogens is 1. The number of aromatic nitrogens is 1. The van der Waals surface area contributed by atoms with Crippen molar-refractivity contribution in [3.8, 4) is 11.5 Å². The monoisotopic (exact) mass is 406 g/mol. The van der Waals surface area contributed by atoms with Crippen LogP contribution in [0.5, 0.6) is 11.5 Å². The highest BCUT2D eigenvalue weighted by atomic mass is 35.5. The van der Waals surface area contributed by atoms with E-state index >= 15 is 0 Å². The SMILES string of the molecule is CCOc1cc(/C=C2/SC(=S)N(Cc3cccnc3)C2=O)cc(Cl)c1O. The molecule has 0 aliphatic carbocycles. The summed E-state index contributed by atoms with van der Waals surface area (Å²) in [6.07, 6.45) is 5.07. The lowest BCUT2D eigenvalue weighted by Crippen LogP contribution is -2.27. The third kappa shape index (κ3) is 4.00. The summed E-state index contributed by atoms with van der Waals surface area (Å²) in [6, 6.07) is 6.92. The van der Waals surface area contributed by atoms with E-state index in [0.717, 1.165) is 5.56 Å². The molecule has 26 heavy (non-hydrogen) atoms. The first-order chi connectivity index (χ1) is 12.5. The van der Waals surface area contributed by atoms with Gasteiger partial charge in [-0.25, -0.2) is 0 Å². The molecule has 1 aromatic carbocycles. The third-order valence-electron chi connectivity index (χ3n) is 3.59. The molecule has 1 N–H and O–H groups in total. The van der Waals surface area contributed by atoms with E-state index in [1.807, 2.05) is 19.1 Å². The van der Waals surface area contributed by atoms with Gasteiger partial charge in [-0.15, -0.1) is 0 Å². The van der Waals surface area contributed by atoms with Crippen LogP contribution in [0.4, 0.5) is 0 Å². The number of phenols is 1. The highest BCUT2D eigenvalue weighted by Crippen LogP contribution is 2.38. The van der Waals surface area contributed by atoms with Gasteiger partial charge in [0, 0.05) is 12.4 Å². The van der Waals surface area contributed by atoms with Crippen LogP contribution in [0.25, 0.3) is 6.08 Å². The van der Waals surface area contributed by atoms with E-state index in [9.17, 15) is 9.90 Å². The van der Waals surface area contributed by atoms with Gasteiger partial charge in [0.05, 0.1) is 23.1 Å². The molecule has 0 saturated carbocycles. The van der Waals surface area contributed by atoms with E-state index < -0.39 is 0 Å². The number of ether oxygens (including phenoxy) is 1. The smallest absolute Gasteiger partial charge is 0.266 e. The van der Waals surface area contributed by atoms with Gasteiger partial charge in [-0.1, -0.05) is 41.6 Å². The van der Waals surface area contributed by atoms with Gasteiger partial charge in [0.2, 0.25) is 0 Å². The number of phenolic OH excluding ortho intramolecular Hbond substituents is 1. The summed E-state index contributed by atoms with van der Waals surface area (Å²) in [7, 11) is 0. The number of thioether (sulfide) groups is 1. The number of thiocarbonyl (C=S) groups is 1. The quantitative estimate of drug-likeness (QED) is 0.592. The minimum atomic E-state index is -0.175. The molecule has 2 aromatic rings. The zero-order valence-corrected chi connectivity index (χ0v) is 16.2. The van der Waals surface area contributed by atoms with Gasteiger partial charge in [0.25, 0.3) is 5.91 Å². The van der Waals surface area contributed by atoms with Gasteiger partial charge < -0.3 is 9.84 Å². The fourth-order valence-electron chi connectivity index (χ4n) is 2.40. The molecule has 8 heteroatoms. The number of nitrogens with zero attached hydrogens (tertiary/aromatic N) is 2. The van der Waals surface area contributed by atoms with Crippen molar-refractivity contribution in [2.45, 2.75) is 13.5 Å². The maximum atomic E-state index is 12.7. The van der Waals surface area contributed by atoms with E-state index in [-0.39, 0.29) is 22.4 Å². The van der Waals surface area contributed by atoms with Crippen molar-refractivity contribution in [3.05, 3.63) is 57.7 Å². The standard InChI is InChI=1S/C18H15ClN2O3S2/c1-2-24-14-7-12(6-13(19)16(14)22)8-15-17(23)21(18(25)26-15)10-11-4-3-5-20-9-11/h3-9,22H,2,10H2,1H3/b15-8+. The maximum absolute atomic E-state index is 12.7. The highest BCUT2D eigenvalue weighted by Gasteiger charge is 2.32. The number of pyridine rings is 1. The molecular weight excluding hydrogens is 392 g/mol. The maximum Gasteiger partial charge on any atom is 0.266 e. The normalized spacial score (nSPS) is 15.8. The molecule has 0 radical (unpaired) electrons. The Bertz CT molecular complexity index is 888. The van der Waals surface area contributed by atoms with Crippen molar-refractivity contribution in [2.24, 2.45) is 0 Å². The van der Waals surface area contributed by atoms with Gasteiger partial charge in [0.15, 0.2) is 11.5 Å². The van der Waals surface area contributed by atoms with Gasteiger partial charge in [0.1, 0.15) is 4.32 Å².